The fraction of sp³-hybridized carbons (Fsp3) is 0.400. The molecule has 1 aliphatic heterocycles. The molecule has 9 nitrogen and oxygen atoms in total. The third-order valence-corrected chi connectivity index (χ3v) is 7.01. The SMILES string of the molecule is COCCOc1ccc(S(=O)(=O)N2CCN(c3ccc(C(F)(F)F)cc3[N+](=O)[O-])CC2)cc1. The van der Waals surface area contributed by atoms with Gasteiger partial charge in [0, 0.05) is 39.4 Å². The lowest BCUT2D eigenvalue weighted by molar-refractivity contribution is -0.384. The predicted molar refractivity (Wildman–Crippen MR) is 113 cm³/mol. The molecule has 13 heteroatoms. The summed E-state index contributed by atoms with van der Waals surface area (Å²) in [5.74, 6) is 0.491. The highest BCUT2D eigenvalue weighted by molar-refractivity contribution is 7.89. The number of nitro benzene ring substituents is 1. The Kier molecular flexibility index (Phi) is 7.44. The summed E-state index contributed by atoms with van der Waals surface area (Å²) < 4.78 is 76.2. The number of benzene rings is 2. The molecular weight excluding hydrogens is 467 g/mol. The van der Waals surface area contributed by atoms with Crippen LogP contribution in [0.4, 0.5) is 24.5 Å². The number of alkyl halides is 3. The third-order valence-electron chi connectivity index (χ3n) is 5.10. The van der Waals surface area contributed by atoms with Gasteiger partial charge in [0.05, 0.1) is 22.0 Å². The van der Waals surface area contributed by atoms with Gasteiger partial charge in [0.1, 0.15) is 18.0 Å². The number of anilines is 1. The van der Waals surface area contributed by atoms with Gasteiger partial charge >= 0.3 is 6.18 Å². The lowest BCUT2D eigenvalue weighted by Gasteiger charge is -2.35. The van der Waals surface area contributed by atoms with Crippen LogP contribution in [-0.2, 0) is 20.9 Å². The Morgan fingerprint density at radius 3 is 2.21 bits per heavy atom. The van der Waals surface area contributed by atoms with Gasteiger partial charge in [-0.25, -0.2) is 8.42 Å². The van der Waals surface area contributed by atoms with Crippen LogP contribution in [-0.4, -0.2) is 64.1 Å². The first-order valence-electron chi connectivity index (χ1n) is 9.86. The van der Waals surface area contributed by atoms with E-state index in [-0.39, 0.29) is 36.8 Å². The molecule has 1 aliphatic rings. The first kappa shape index (κ1) is 24.7. The molecule has 0 atom stereocenters. The molecule has 0 amide bonds. The Hall–Kier alpha value is -2.90. The summed E-state index contributed by atoms with van der Waals surface area (Å²) in [6, 6.07) is 8.23. The van der Waals surface area contributed by atoms with Crippen molar-refractivity contribution in [1.82, 2.24) is 4.31 Å². The van der Waals surface area contributed by atoms with Crippen LogP contribution in [0.25, 0.3) is 0 Å². The van der Waals surface area contributed by atoms with Crippen LogP contribution in [0.3, 0.4) is 0 Å². The number of piperazine rings is 1. The van der Waals surface area contributed by atoms with E-state index in [2.05, 4.69) is 0 Å². The van der Waals surface area contributed by atoms with Crippen molar-refractivity contribution in [3.05, 3.63) is 58.1 Å². The van der Waals surface area contributed by atoms with Gasteiger partial charge in [-0.05, 0) is 36.4 Å². The number of rotatable bonds is 8. The van der Waals surface area contributed by atoms with Gasteiger partial charge in [-0.3, -0.25) is 10.1 Å². The minimum Gasteiger partial charge on any atom is -0.491 e. The van der Waals surface area contributed by atoms with Gasteiger partial charge in [-0.15, -0.1) is 0 Å². The van der Waals surface area contributed by atoms with E-state index in [0.29, 0.717) is 25.0 Å². The number of nitrogens with zero attached hydrogens (tertiary/aromatic N) is 3. The van der Waals surface area contributed by atoms with Crippen LogP contribution in [0, 0.1) is 10.1 Å². The fourth-order valence-corrected chi connectivity index (χ4v) is 4.80. The summed E-state index contributed by atoms with van der Waals surface area (Å²) in [6.07, 6.45) is -4.71. The Balaban J connectivity index is 1.71. The molecule has 0 spiro atoms. The van der Waals surface area contributed by atoms with Crippen LogP contribution in [0.2, 0.25) is 0 Å². The van der Waals surface area contributed by atoms with Crippen molar-refractivity contribution in [2.75, 3.05) is 51.4 Å². The fourth-order valence-electron chi connectivity index (χ4n) is 3.38. The molecule has 2 aromatic rings. The molecule has 33 heavy (non-hydrogen) atoms. The molecule has 180 valence electrons. The van der Waals surface area contributed by atoms with Gasteiger partial charge in [0.2, 0.25) is 10.0 Å². The molecule has 0 aliphatic carbocycles. The average Bonchev–Trinajstić information content (AvgIpc) is 2.78. The molecule has 0 N–H and O–H groups in total. The summed E-state index contributed by atoms with van der Waals surface area (Å²) in [7, 11) is -2.28. The Morgan fingerprint density at radius 1 is 1.03 bits per heavy atom. The van der Waals surface area contributed by atoms with E-state index in [1.807, 2.05) is 0 Å². The Bertz CT molecular complexity index is 1090. The first-order chi connectivity index (χ1) is 15.5. The zero-order chi connectivity index (χ0) is 24.2. The summed E-state index contributed by atoms with van der Waals surface area (Å²) in [5.41, 5.74) is -1.78. The standard InChI is InChI=1S/C20H22F3N3O6S/c1-31-12-13-32-16-3-5-17(6-4-16)33(29,30)25-10-8-24(9-11-25)18-7-2-15(20(21,22)23)14-19(18)26(27)28/h2-7,14H,8-13H2,1H3. The number of ether oxygens (including phenoxy) is 2. The quantitative estimate of drug-likeness (QED) is 0.319. The molecule has 0 unspecified atom stereocenters. The molecular formula is C20H22F3N3O6S. The molecule has 0 saturated carbocycles. The second kappa shape index (κ2) is 9.93. The minimum absolute atomic E-state index is 0.0163. The van der Waals surface area contributed by atoms with Crippen molar-refractivity contribution < 1.29 is 36.0 Å². The molecule has 3 rings (SSSR count). The molecule has 1 heterocycles. The second-order valence-electron chi connectivity index (χ2n) is 7.16. The molecule has 2 aromatic carbocycles. The highest BCUT2D eigenvalue weighted by Crippen LogP contribution is 2.37. The van der Waals surface area contributed by atoms with Crippen LogP contribution < -0.4 is 9.64 Å². The number of methoxy groups -OCH3 is 1. The van der Waals surface area contributed by atoms with E-state index in [9.17, 15) is 31.7 Å². The maximum absolute atomic E-state index is 12.9. The van der Waals surface area contributed by atoms with E-state index in [1.165, 1.54) is 40.6 Å². The van der Waals surface area contributed by atoms with Gasteiger partial charge in [0.15, 0.2) is 0 Å². The number of halogens is 3. The predicted octanol–water partition coefficient (Wildman–Crippen LogP) is 3.15. The number of hydrogen-bond donors (Lipinski definition) is 0. The van der Waals surface area contributed by atoms with Gasteiger partial charge < -0.3 is 14.4 Å². The largest absolute Gasteiger partial charge is 0.491 e. The topological polar surface area (TPSA) is 102 Å². The molecule has 0 aromatic heterocycles. The monoisotopic (exact) mass is 489 g/mol. The molecule has 0 radical (unpaired) electrons. The van der Waals surface area contributed by atoms with Crippen molar-refractivity contribution in [3.63, 3.8) is 0 Å². The number of sulfonamides is 1. The second-order valence-corrected chi connectivity index (χ2v) is 9.10. The third kappa shape index (κ3) is 5.72. The van der Waals surface area contributed by atoms with E-state index in [4.69, 9.17) is 9.47 Å². The Morgan fingerprint density at radius 2 is 1.67 bits per heavy atom. The van der Waals surface area contributed by atoms with Crippen molar-refractivity contribution in [3.8, 4) is 5.75 Å². The van der Waals surface area contributed by atoms with Crippen LogP contribution >= 0.6 is 0 Å². The van der Waals surface area contributed by atoms with Crippen LogP contribution in [0.15, 0.2) is 47.4 Å². The minimum atomic E-state index is -4.71. The van der Waals surface area contributed by atoms with Gasteiger partial charge in [-0.2, -0.15) is 17.5 Å². The van der Waals surface area contributed by atoms with Crippen molar-refractivity contribution in [2.24, 2.45) is 0 Å². The summed E-state index contributed by atoms with van der Waals surface area (Å²) in [5, 5.41) is 11.4. The smallest absolute Gasteiger partial charge is 0.416 e. The zero-order valence-corrected chi connectivity index (χ0v) is 18.4. The first-order valence-corrected chi connectivity index (χ1v) is 11.3. The molecule has 1 fully saturated rings. The average molecular weight is 489 g/mol. The van der Waals surface area contributed by atoms with E-state index < -0.39 is 32.4 Å². The number of hydrogen-bond acceptors (Lipinski definition) is 7. The van der Waals surface area contributed by atoms with Gasteiger partial charge in [0.25, 0.3) is 5.69 Å². The summed E-state index contributed by atoms with van der Waals surface area (Å²) >= 11 is 0. The van der Waals surface area contributed by atoms with Crippen molar-refractivity contribution in [2.45, 2.75) is 11.1 Å². The lowest BCUT2D eigenvalue weighted by atomic mass is 10.1. The van der Waals surface area contributed by atoms with Crippen LogP contribution in [0.5, 0.6) is 5.75 Å². The maximum atomic E-state index is 12.9. The van der Waals surface area contributed by atoms with E-state index in [0.717, 1.165) is 12.1 Å². The molecule has 0 bridgehead atoms. The van der Waals surface area contributed by atoms with E-state index in [1.54, 1.807) is 0 Å². The highest BCUT2D eigenvalue weighted by Gasteiger charge is 2.35. The van der Waals surface area contributed by atoms with Crippen molar-refractivity contribution >= 4 is 21.4 Å². The zero-order valence-electron chi connectivity index (χ0n) is 17.6. The highest BCUT2D eigenvalue weighted by atomic mass is 32.2. The summed E-state index contributed by atoms with van der Waals surface area (Å²) in [4.78, 5) is 12.1. The normalized spacial score (nSPS) is 15.5. The summed E-state index contributed by atoms with van der Waals surface area (Å²) in [6.45, 7) is 0.925. The number of nitro groups is 1. The van der Waals surface area contributed by atoms with Crippen molar-refractivity contribution in [1.29, 1.82) is 0 Å². The van der Waals surface area contributed by atoms with Gasteiger partial charge in [-0.1, -0.05) is 0 Å². The van der Waals surface area contributed by atoms with Crippen LogP contribution in [0.1, 0.15) is 5.56 Å². The lowest BCUT2D eigenvalue weighted by Crippen LogP contribution is -2.48. The molecule has 1 saturated heterocycles. The Labute approximate surface area is 188 Å². The van der Waals surface area contributed by atoms with E-state index >= 15 is 0 Å². The maximum Gasteiger partial charge on any atom is 0.416 e.